The second kappa shape index (κ2) is 11.1. The van der Waals surface area contributed by atoms with Crippen LogP contribution in [0, 0.1) is 0 Å². The molecular formula is C20H22BrN3O4. The van der Waals surface area contributed by atoms with Gasteiger partial charge in [0, 0.05) is 11.0 Å². The van der Waals surface area contributed by atoms with Crippen molar-refractivity contribution in [2.45, 2.75) is 12.8 Å². The number of carbonyl (C=O) groups is 2. The number of hydrogen-bond donors (Lipinski definition) is 2. The van der Waals surface area contributed by atoms with Crippen molar-refractivity contribution in [3.8, 4) is 11.5 Å². The van der Waals surface area contributed by atoms with Crippen molar-refractivity contribution in [3.05, 3.63) is 58.1 Å². The van der Waals surface area contributed by atoms with Crippen LogP contribution in [-0.2, 0) is 16.0 Å². The Balaban J connectivity index is 1.71. The Morgan fingerprint density at radius 3 is 2.43 bits per heavy atom. The Morgan fingerprint density at radius 2 is 1.75 bits per heavy atom. The molecule has 0 saturated carbocycles. The second-order valence-corrected chi connectivity index (χ2v) is 6.73. The number of ether oxygens (including phenoxy) is 2. The molecule has 7 nitrogen and oxygen atoms in total. The number of rotatable bonds is 9. The summed E-state index contributed by atoms with van der Waals surface area (Å²) in [7, 11) is 3.15. The SMILES string of the molecule is COc1ccc(CCNC(=O)CC(=O)N/N=C/c2ccc(Br)cc2)cc1OC. The van der Waals surface area contributed by atoms with Gasteiger partial charge >= 0.3 is 0 Å². The Bertz CT molecular complexity index is 838. The van der Waals surface area contributed by atoms with Crippen LogP contribution < -0.4 is 20.2 Å². The van der Waals surface area contributed by atoms with Crippen LogP contribution in [0.4, 0.5) is 0 Å². The lowest BCUT2D eigenvalue weighted by molar-refractivity contribution is -0.129. The molecule has 2 aromatic rings. The maximum absolute atomic E-state index is 11.9. The Labute approximate surface area is 172 Å². The fourth-order valence-electron chi connectivity index (χ4n) is 2.36. The molecular weight excluding hydrogens is 426 g/mol. The predicted octanol–water partition coefficient (Wildman–Crippen LogP) is 2.67. The van der Waals surface area contributed by atoms with Gasteiger partial charge in [-0.3, -0.25) is 9.59 Å². The molecule has 0 aliphatic carbocycles. The van der Waals surface area contributed by atoms with Gasteiger partial charge in [0.05, 0.1) is 20.4 Å². The van der Waals surface area contributed by atoms with Crippen molar-refractivity contribution in [2.75, 3.05) is 20.8 Å². The first-order chi connectivity index (χ1) is 13.5. The lowest BCUT2D eigenvalue weighted by atomic mass is 10.1. The van der Waals surface area contributed by atoms with E-state index in [1.54, 1.807) is 14.2 Å². The van der Waals surface area contributed by atoms with Gasteiger partial charge in [0.1, 0.15) is 6.42 Å². The van der Waals surface area contributed by atoms with Gasteiger partial charge in [0.25, 0.3) is 0 Å². The van der Waals surface area contributed by atoms with Crippen molar-refractivity contribution in [1.82, 2.24) is 10.7 Å². The van der Waals surface area contributed by atoms with Crippen molar-refractivity contribution in [2.24, 2.45) is 5.10 Å². The highest BCUT2D eigenvalue weighted by Gasteiger charge is 2.09. The first-order valence-electron chi connectivity index (χ1n) is 8.57. The van der Waals surface area contributed by atoms with Gasteiger partial charge in [-0.1, -0.05) is 34.1 Å². The number of amides is 2. The molecule has 148 valence electrons. The van der Waals surface area contributed by atoms with Crippen LogP contribution in [0.5, 0.6) is 11.5 Å². The molecule has 0 saturated heterocycles. The molecule has 0 radical (unpaired) electrons. The minimum absolute atomic E-state index is 0.288. The lowest BCUT2D eigenvalue weighted by Crippen LogP contribution is -2.31. The third kappa shape index (κ3) is 7.03. The normalized spacial score (nSPS) is 10.5. The van der Waals surface area contributed by atoms with Gasteiger partial charge in [0.2, 0.25) is 11.8 Å². The minimum Gasteiger partial charge on any atom is -0.493 e. The van der Waals surface area contributed by atoms with Crippen LogP contribution in [-0.4, -0.2) is 38.8 Å². The standard InChI is InChI=1S/C20H22BrN3O4/c1-27-17-8-5-14(11-18(17)28-2)9-10-22-19(25)12-20(26)24-23-13-15-3-6-16(21)7-4-15/h3-8,11,13H,9-10,12H2,1-2H3,(H,22,25)(H,24,26)/b23-13+. The number of benzene rings is 2. The first-order valence-corrected chi connectivity index (χ1v) is 9.36. The topological polar surface area (TPSA) is 89.0 Å². The molecule has 0 aliphatic heterocycles. The summed E-state index contributed by atoms with van der Waals surface area (Å²) >= 11 is 3.34. The zero-order valence-corrected chi connectivity index (χ0v) is 17.3. The fourth-order valence-corrected chi connectivity index (χ4v) is 2.62. The summed E-state index contributed by atoms with van der Waals surface area (Å²) in [6, 6.07) is 13.0. The molecule has 2 amide bonds. The molecule has 0 fully saturated rings. The smallest absolute Gasteiger partial charge is 0.249 e. The van der Waals surface area contributed by atoms with Crippen LogP contribution >= 0.6 is 15.9 Å². The molecule has 2 rings (SSSR count). The van der Waals surface area contributed by atoms with Gasteiger partial charge in [-0.25, -0.2) is 5.43 Å². The lowest BCUT2D eigenvalue weighted by Gasteiger charge is -2.10. The van der Waals surface area contributed by atoms with Crippen molar-refractivity contribution < 1.29 is 19.1 Å². The number of methoxy groups -OCH3 is 2. The maximum atomic E-state index is 11.9. The quantitative estimate of drug-likeness (QED) is 0.351. The fraction of sp³-hybridized carbons (Fsp3) is 0.250. The second-order valence-electron chi connectivity index (χ2n) is 5.81. The highest BCUT2D eigenvalue weighted by molar-refractivity contribution is 9.10. The molecule has 0 spiro atoms. The van der Waals surface area contributed by atoms with Crippen molar-refractivity contribution in [1.29, 1.82) is 0 Å². The molecule has 2 aromatic carbocycles. The summed E-state index contributed by atoms with van der Waals surface area (Å²) < 4.78 is 11.4. The molecule has 0 atom stereocenters. The van der Waals surface area contributed by atoms with Crippen molar-refractivity contribution >= 4 is 34.0 Å². The first kappa shape index (κ1) is 21.4. The summed E-state index contributed by atoms with van der Waals surface area (Å²) in [5.41, 5.74) is 4.16. The molecule has 0 unspecified atom stereocenters. The van der Waals surface area contributed by atoms with E-state index in [1.807, 2.05) is 42.5 Å². The number of hydrogen-bond acceptors (Lipinski definition) is 5. The predicted molar refractivity (Wildman–Crippen MR) is 111 cm³/mol. The summed E-state index contributed by atoms with van der Waals surface area (Å²) in [4.78, 5) is 23.6. The van der Waals surface area contributed by atoms with Gasteiger partial charge in [-0.15, -0.1) is 0 Å². The number of halogens is 1. The highest BCUT2D eigenvalue weighted by atomic mass is 79.9. The van der Waals surface area contributed by atoms with Gasteiger partial charge in [0.15, 0.2) is 11.5 Å². The van der Waals surface area contributed by atoms with Crippen LogP contribution in [0.25, 0.3) is 0 Å². The Hall–Kier alpha value is -2.87. The summed E-state index contributed by atoms with van der Waals surface area (Å²) in [5, 5.41) is 6.56. The molecule has 0 aliphatic rings. The minimum atomic E-state index is -0.475. The van der Waals surface area contributed by atoms with E-state index in [4.69, 9.17) is 9.47 Å². The van der Waals surface area contributed by atoms with E-state index in [9.17, 15) is 9.59 Å². The number of nitrogens with one attached hydrogen (secondary N) is 2. The third-order valence-corrected chi connectivity index (χ3v) is 4.31. The third-order valence-electron chi connectivity index (χ3n) is 3.78. The maximum Gasteiger partial charge on any atom is 0.249 e. The Morgan fingerprint density at radius 1 is 1.04 bits per heavy atom. The van der Waals surface area contributed by atoms with E-state index in [1.165, 1.54) is 6.21 Å². The van der Waals surface area contributed by atoms with Gasteiger partial charge in [-0.05, 0) is 41.8 Å². The summed E-state index contributed by atoms with van der Waals surface area (Å²) in [6.45, 7) is 0.407. The van der Waals surface area contributed by atoms with E-state index in [2.05, 4.69) is 31.8 Å². The zero-order valence-electron chi connectivity index (χ0n) is 15.7. The molecule has 0 bridgehead atoms. The molecule has 2 N–H and O–H groups in total. The van der Waals surface area contributed by atoms with E-state index >= 15 is 0 Å². The largest absolute Gasteiger partial charge is 0.493 e. The number of nitrogens with zero attached hydrogens (tertiary/aromatic N) is 1. The van der Waals surface area contributed by atoms with E-state index in [-0.39, 0.29) is 12.3 Å². The summed E-state index contributed by atoms with van der Waals surface area (Å²) in [6.07, 6.45) is 1.83. The molecule has 8 heteroatoms. The average molecular weight is 448 g/mol. The van der Waals surface area contributed by atoms with Crippen LogP contribution in [0.3, 0.4) is 0 Å². The average Bonchev–Trinajstić information content (AvgIpc) is 2.69. The van der Waals surface area contributed by atoms with E-state index in [0.29, 0.717) is 24.5 Å². The van der Waals surface area contributed by atoms with Crippen LogP contribution in [0.1, 0.15) is 17.5 Å². The molecule has 28 heavy (non-hydrogen) atoms. The van der Waals surface area contributed by atoms with Crippen molar-refractivity contribution in [3.63, 3.8) is 0 Å². The van der Waals surface area contributed by atoms with Crippen LogP contribution in [0.15, 0.2) is 52.0 Å². The van der Waals surface area contributed by atoms with Gasteiger partial charge < -0.3 is 14.8 Å². The highest BCUT2D eigenvalue weighted by Crippen LogP contribution is 2.27. The molecule has 0 heterocycles. The van der Waals surface area contributed by atoms with E-state index < -0.39 is 5.91 Å². The number of carbonyl (C=O) groups excluding carboxylic acids is 2. The van der Waals surface area contributed by atoms with E-state index in [0.717, 1.165) is 15.6 Å². The van der Waals surface area contributed by atoms with Gasteiger partial charge in [-0.2, -0.15) is 5.10 Å². The summed E-state index contributed by atoms with van der Waals surface area (Å²) in [5.74, 6) is 0.443. The zero-order chi connectivity index (χ0) is 20.4. The van der Waals surface area contributed by atoms with Crippen LogP contribution in [0.2, 0.25) is 0 Å². The Kier molecular flexibility index (Phi) is 8.48. The number of hydrazone groups is 1. The monoisotopic (exact) mass is 447 g/mol. The molecule has 0 aromatic heterocycles.